The van der Waals surface area contributed by atoms with E-state index in [1.54, 1.807) is 17.4 Å². The zero-order chi connectivity index (χ0) is 14.1. The number of thiophene rings is 1. The number of rotatable bonds is 3. The summed E-state index contributed by atoms with van der Waals surface area (Å²) in [6, 6.07) is 4.07. The zero-order valence-corrected chi connectivity index (χ0v) is 12.3. The first-order valence-corrected chi connectivity index (χ1v) is 7.77. The van der Waals surface area contributed by atoms with E-state index in [0.29, 0.717) is 17.9 Å². The molecule has 2 aromatic rings. The van der Waals surface area contributed by atoms with Crippen LogP contribution in [0.5, 0.6) is 0 Å². The van der Waals surface area contributed by atoms with Crippen LogP contribution in [0.3, 0.4) is 0 Å². The quantitative estimate of drug-likeness (QED) is 0.945. The van der Waals surface area contributed by atoms with E-state index >= 15 is 0 Å². The summed E-state index contributed by atoms with van der Waals surface area (Å²) >= 11 is 1.79. The molecule has 0 aliphatic carbocycles. The highest BCUT2D eigenvalue weighted by Gasteiger charge is 2.31. The number of carbonyl (C=O) groups is 1. The van der Waals surface area contributed by atoms with Gasteiger partial charge in [-0.3, -0.25) is 4.79 Å². The highest BCUT2D eigenvalue weighted by Crippen LogP contribution is 2.36. The maximum Gasteiger partial charge on any atom is 0.257 e. The van der Waals surface area contributed by atoms with E-state index in [0.717, 1.165) is 19.4 Å². The summed E-state index contributed by atoms with van der Waals surface area (Å²) < 4.78 is 5.28. The molecule has 0 aromatic carbocycles. The number of hydrogen-bond donors (Lipinski definition) is 1. The van der Waals surface area contributed by atoms with Crippen molar-refractivity contribution < 1.29 is 9.21 Å². The molecule has 106 valence electrons. The summed E-state index contributed by atoms with van der Waals surface area (Å²) in [4.78, 5) is 16.0. The highest BCUT2D eigenvalue weighted by atomic mass is 32.1. The number of hydrogen-bond acceptors (Lipinski definition) is 4. The van der Waals surface area contributed by atoms with Crippen molar-refractivity contribution in [1.29, 1.82) is 0 Å². The second-order valence-corrected chi connectivity index (χ2v) is 5.98. The molecule has 2 aromatic heterocycles. The predicted octanol–water partition coefficient (Wildman–Crippen LogP) is 2.95. The Hall–Kier alpha value is -1.59. The van der Waals surface area contributed by atoms with Crippen molar-refractivity contribution in [3.63, 3.8) is 0 Å². The largest absolute Gasteiger partial charge is 0.467 e. The van der Waals surface area contributed by atoms with Crippen LogP contribution in [0.2, 0.25) is 0 Å². The molecule has 1 amide bonds. The van der Waals surface area contributed by atoms with Crippen LogP contribution in [-0.2, 0) is 13.0 Å². The fourth-order valence-corrected chi connectivity index (χ4v) is 3.77. The van der Waals surface area contributed by atoms with Gasteiger partial charge in [-0.15, -0.1) is 11.3 Å². The summed E-state index contributed by atoms with van der Waals surface area (Å²) in [5, 5.41) is 2.12. The first-order chi connectivity index (χ1) is 9.74. The van der Waals surface area contributed by atoms with Gasteiger partial charge in [-0.1, -0.05) is 6.92 Å². The van der Waals surface area contributed by atoms with Gasteiger partial charge in [0, 0.05) is 11.4 Å². The van der Waals surface area contributed by atoms with Crippen molar-refractivity contribution >= 4 is 17.2 Å². The van der Waals surface area contributed by atoms with Crippen molar-refractivity contribution in [3.8, 4) is 0 Å². The molecule has 0 saturated carbocycles. The van der Waals surface area contributed by atoms with Crippen molar-refractivity contribution in [3.05, 3.63) is 45.5 Å². The normalized spacial score (nSPS) is 18.1. The van der Waals surface area contributed by atoms with E-state index < -0.39 is 0 Å². The monoisotopic (exact) mass is 290 g/mol. The van der Waals surface area contributed by atoms with Crippen LogP contribution < -0.4 is 5.73 Å². The summed E-state index contributed by atoms with van der Waals surface area (Å²) in [5.41, 5.74) is 7.43. The van der Waals surface area contributed by atoms with Crippen molar-refractivity contribution in [2.75, 3.05) is 6.54 Å². The lowest BCUT2D eigenvalue weighted by molar-refractivity contribution is 0.0656. The SMILES string of the molecule is CCC1c2ccsc2CCN1C(=O)c1coc(CN)c1. The van der Waals surface area contributed by atoms with E-state index in [1.165, 1.54) is 16.7 Å². The number of amides is 1. The molecule has 3 heterocycles. The third kappa shape index (κ3) is 2.17. The molecule has 5 heteroatoms. The lowest BCUT2D eigenvalue weighted by Gasteiger charge is -2.35. The number of carbonyl (C=O) groups excluding carboxylic acids is 1. The van der Waals surface area contributed by atoms with Gasteiger partial charge in [-0.25, -0.2) is 0 Å². The molecule has 20 heavy (non-hydrogen) atoms. The topological polar surface area (TPSA) is 59.5 Å². The maximum absolute atomic E-state index is 12.7. The van der Waals surface area contributed by atoms with Crippen molar-refractivity contribution in [1.82, 2.24) is 4.90 Å². The number of fused-ring (bicyclic) bond motifs is 1. The van der Waals surface area contributed by atoms with Gasteiger partial charge in [0.15, 0.2) is 0 Å². The third-order valence-electron chi connectivity index (χ3n) is 3.84. The fraction of sp³-hybridized carbons (Fsp3) is 0.400. The van der Waals surface area contributed by atoms with Crippen molar-refractivity contribution in [2.45, 2.75) is 32.4 Å². The van der Waals surface area contributed by atoms with E-state index in [9.17, 15) is 4.79 Å². The molecule has 3 rings (SSSR count). The van der Waals surface area contributed by atoms with Gasteiger partial charge in [0.1, 0.15) is 12.0 Å². The Kier molecular flexibility index (Phi) is 3.63. The average molecular weight is 290 g/mol. The second-order valence-electron chi connectivity index (χ2n) is 4.98. The van der Waals surface area contributed by atoms with Gasteiger partial charge in [0.2, 0.25) is 0 Å². The lowest BCUT2D eigenvalue weighted by Crippen LogP contribution is -2.39. The van der Waals surface area contributed by atoms with E-state index in [1.807, 2.05) is 4.90 Å². The summed E-state index contributed by atoms with van der Waals surface area (Å²) in [6.07, 6.45) is 3.38. The summed E-state index contributed by atoms with van der Waals surface area (Å²) in [7, 11) is 0. The maximum atomic E-state index is 12.7. The zero-order valence-electron chi connectivity index (χ0n) is 11.5. The molecule has 1 aliphatic heterocycles. The smallest absolute Gasteiger partial charge is 0.257 e. The minimum Gasteiger partial charge on any atom is -0.467 e. The standard InChI is InChI=1S/C15H18N2O2S/c1-2-13-12-4-6-20-14(12)3-5-17(13)15(18)10-7-11(8-16)19-9-10/h4,6-7,9,13H,2-3,5,8,16H2,1H3. The first kappa shape index (κ1) is 13.4. The number of nitrogens with zero attached hydrogens (tertiary/aromatic N) is 1. The van der Waals surface area contributed by atoms with Crippen LogP contribution >= 0.6 is 11.3 Å². The van der Waals surface area contributed by atoms with Gasteiger partial charge in [-0.05, 0) is 35.9 Å². The molecule has 0 spiro atoms. The molecule has 4 nitrogen and oxygen atoms in total. The Labute approximate surface area is 122 Å². The van der Waals surface area contributed by atoms with Crippen LogP contribution in [0.4, 0.5) is 0 Å². The molecule has 0 bridgehead atoms. The van der Waals surface area contributed by atoms with Crippen LogP contribution in [0.1, 0.15) is 45.9 Å². The Balaban J connectivity index is 1.88. The van der Waals surface area contributed by atoms with Crippen LogP contribution in [0, 0.1) is 0 Å². The van der Waals surface area contributed by atoms with Gasteiger partial charge < -0.3 is 15.1 Å². The fourth-order valence-electron chi connectivity index (χ4n) is 2.85. The van der Waals surface area contributed by atoms with Gasteiger partial charge in [-0.2, -0.15) is 0 Å². The molecular weight excluding hydrogens is 272 g/mol. The Morgan fingerprint density at radius 1 is 1.60 bits per heavy atom. The lowest BCUT2D eigenvalue weighted by atomic mass is 9.97. The number of furan rings is 1. The highest BCUT2D eigenvalue weighted by molar-refractivity contribution is 7.10. The third-order valence-corrected chi connectivity index (χ3v) is 4.84. The number of nitrogens with two attached hydrogens (primary N) is 1. The minimum absolute atomic E-state index is 0.0390. The molecule has 1 unspecified atom stereocenters. The van der Waals surface area contributed by atoms with Gasteiger partial charge >= 0.3 is 0 Å². The summed E-state index contributed by atoms with van der Waals surface area (Å²) in [5.74, 6) is 0.687. The van der Waals surface area contributed by atoms with Crippen molar-refractivity contribution in [2.24, 2.45) is 5.73 Å². The van der Waals surface area contributed by atoms with E-state index in [2.05, 4.69) is 18.4 Å². The predicted molar refractivity (Wildman–Crippen MR) is 78.7 cm³/mol. The second kappa shape index (κ2) is 5.42. The Morgan fingerprint density at radius 3 is 3.15 bits per heavy atom. The van der Waals surface area contributed by atoms with E-state index in [-0.39, 0.29) is 11.9 Å². The van der Waals surface area contributed by atoms with E-state index in [4.69, 9.17) is 10.2 Å². The molecule has 2 N–H and O–H groups in total. The van der Waals surface area contributed by atoms with Crippen LogP contribution in [0.25, 0.3) is 0 Å². The molecule has 0 fully saturated rings. The Bertz CT molecular complexity index is 617. The Morgan fingerprint density at radius 2 is 2.45 bits per heavy atom. The van der Waals surface area contributed by atoms with Gasteiger partial charge in [0.05, 0.1) is 18.2 Å². The molecule has 0 saturated heterocycles. The minimum atomic E-state index is 0.0390. The first-order valence-electron chi connectivity index (χ1n) is 6.89. The van der Waals surface area contributed by atoms with Crippen LogP contribution in [-0.4, -0.2) is 17.4 Å². The molecule has 1 atom stereocenters. The van der Waals surface area contributed by atoms with Gasteiger partial charge in [0.25, 0.3) is 5.91 Å². The summed E-state index contributed by atoms with van der Waals surface area (Å²) in [6.45, 7) is 3.21. The molecule has 0 radical (unpaired) electrons. The average Bonchev–Trinajstić information content (AvgIpc) is 3.13. The van der Waals surface area contributed by atoms with Crippen LogP contribution in [0.15, 0.2) is 28.2 Å². The molecule has 1 aliphatic rings. The molecular formula is C15H18N2O2S.